The molecule has 1 amide bonds. The van der Waals surface area contributed by atoms with Gasteiger partial charge in [-0.3, -0.25) is 4.79 Å². The summed E-state index contributed by atoms with van der Waals surface area (Å²) in [7, 11) is 0. The molecule has 1 aromatic carbocycles. The van der Waals surface area contributed by atoms with Crippen molar-refractivity contribution < 1.29 is 18.0 Å². The maximum Gasteiger partial charge on any atom is 0.397 e. The zero-order valence-corrected chi connectivity index (χ0v) is 9.60. The highest BCUT2D eigenvalue weighted by Gasteiger charge is 2.31. The van der Waals surface area contributed by atoms with Crippen LogP contribution in [0.3, 0.4) is 0 Å². The van der Waals surface area contributed by atoms with Crippen LogP contribution in [-0.2, 0) is 17.8 Å². The zero-order valence-electron chi connectivity index (χ0n) is 9.60. The number of halogens is 3. The molecule has 0 spiro atoms. The third-order valence-electron chi connectivity index (χ3n) is 2.74. The first-order valence-corrected chi connectivity index (χ1v) is 5.63. The molecule has 3 nitrogen and oxygen atoms in total. The van der Waals surface area contributed by atoms with Crippen molar-refractivity contribution in [1.29, 1.82) is 0 Å². The highest BCUT2D eigenvalue weighted by molar-refractivity contribution is 5.91. The predicted octanol–water partition coefficient (Wildman–Crippen LogP) is 2.22. The van der Waals surface area contributed by atoms with Gasteiger partial charge in [-0.1, -0.05) is 6.07 Å². The predicted molar refractivity (Wildman–Crippen MR) is 61.2 cm³/mol. The van der Waals surface area contributed by atoms with E-state index in [1.165, 1.54) is 5.56 Å². The highest BCUT2D eigenvalue weighted by Crippen LogP contribution is 2.22. The van der Waals surface area contributed by atoms with E-state index in [4.69, 9.17) is 0 Å². The number of hydrogen-bond acceptors (Lipinski definition) is 2. The van der Waals surface area contributed by atoms with Gasteiger partial charge in [0.05, 0.1) is 0 Å². The maximum absolute atomic E-state index is 12.0. The van der Waals surface area contributed by atoms with Crippen molar-refractivity contribution in [3.63, 3.8) is 0 Å². The van der Waals surface area contributed by atoms with E-state index < -0.39 is 18.5 Å². The van der Waals surface area contributed by atoms with E-state index in [1.807, 2.05) is 6.07 Å². The molecule has 1 aliphatic heterocycles. The third-order valence-corrected chi connectivity index (χ3v) is 2.74. The summed E-state index contributed by atoms with van der Waals surface area (Å²) in [5.74, 6) is -1.04. The summed E-state index contributed by atoms with van der Waals surface area (Å²) >= 11 is 0. The maximum atomic E-state index is 12.0. The van der Waals surface area contributed by atoms with Gasteiger partial charge in [0.1, 0.15) is 6.42 Å². The van der Waals surface area contributed by atoms with Crippen molar-refractivity contribution in [2.75, 3.05) is 11.9 Å². The fraction of sp³-hybridized carbons (Fsp3) is 0.417. The summed E-state index contributed by atoms with van der Waals surface area (Å²) in [5, 5.41) is 5.43. The van der Waals surface area contributed by atoms with E-state index in [0.717, 1.165) is 18.5 Å². The lowest BCUT2D eigenvalue weighted by molar-refractivity contribution is -0.150. The number of fused-ring (bicyclic) bond motifs is 1. The van der Waals surface area contributed by atoms with Gasteiger partial charge in [0.2, 0.25) is 5.91 Å². The summed E-state index contributed by atoms with van der Waals surface area (Å²) in [4.78, 5) is 11.1. The smallest absolute Gasteiger partial charge is 0.326 e. The molecule has 98 valence electrons. The molecule has 0 aliphatic carbocycles. The van der Waals surface area contributed by atoms with Gasteiger partial charge in [0, 0.05) is 12.2 Å². The van der Waals surface area contributed by atoms with Gasteiger partial charge in [-0.25, -0.2) is 0 Å². The van der Waals surface area contributed by atoms with Crippen LogP contribution in [0.2, 0.25) is 0 Å². The van der Waals surface area contributed by atoms with Crippen LogP contribution in [-0.4, -0.2) is 18.6 Å². The van der Waals surface area contributed by atoms with Crippen LogP contribution in [0.15, 0.2) is 18.2 Å². The van der Waals surface area contributed by atoms with Gasteiger partial charge >= 0.3 is 6.18 Å². The Hall–Kier alpha value is -1.56. The molecule has 0 atom stereocenters. The fourth-order valence-corrected chi connectivity index (χ4v) is 1.95. The van der Waals surface area contributed by atoms with Gasteiger partial charge in [-0.2, -0.15) is 13.2 Å². The Balaban J connectivity index is 2.04. The number of alkyl halides is 3. The highest BCUT2D eigenvalue weighted by atomic mass is 19.4. The first kappa shape index (κ1) is 12.9. The quantitative estimate of drug-likeness (QED) is 0.854. The molecule has 0 unspecified atom stereocenters. The monoisotopic (exact) mass is 258 g/mol. The number of carbonyl (C=O) groups excluding carboxylic acids is 1. The van der Waals surface area contributed by atoms with Crippen molar-refractivity contribution in [2.45, 2.75) is 25.6 Å². The van der Waals surface area contributed by atoms with Crippen molar-refractivity contribution >= 4 is 11.6 Å². The standard InChI is InChI=1S/C12H13F3N2O/c13-12(14,15)6-11(18)17-10-2-1-8-3-4-16-7-9(8)5-10/h1-2,5,16H,3-4,6-7H2,(H,17,18). The molecule has 0 aromatic heterocycles. The van der Waals surface area contributed by atoms with Crippen molar-refractivity contribution in [2.24, 2.45) is 0 Å². The lowest BCUT2D eigenvalue weighted by Gasteiger charge is -2.18. The Bertz CT molecular complexity index is 457. The molecule has 0 saturated carbocycles. The molecule has 0 saturated heterocycles. The third kappa shape index (κ3) is 3.46. The number of amides is 1. The van der Waals surface area contributed by atoms with E-state index >= 15 is 0 Å². The van der Waals surface area contributed by atoms with Crippen LogP contribution in [0.25, 0.3) is 0 Å². The second-order valence-corrected chi connectivity index (χ2v) is 4.25. The lowest BCUT2D eigenvalue weighted by atomic mass is 10.0. The Labute approximate surface area is 102 Å². The van der Waals surface area contributed by atoms with Crippen molar-refractivity contribution in [1.82, 2.24) is 5.32 Å². The van der Waals surface area contributed by atoms with Gasteiger partial charge < -0.3 is 10.6 Å². The first-order chi connectivity index (χ1) is 8.44. The van der Waals surface area contributed by atoms with Crippen LogP contribution < -0.4 is 10.6 Å². The molecule has 2 N–H and O–H groups in total. The molecular weight excluding hydrogens is 245 g/mol. The summed E-state index contributed by atoms with van der Waals surface area (Å²) in [6.45, 7) is 1.57. The van der Waals surface area contributed by atoms with Crippen molar-refractivity contribution in [3.05, 3.63) is 29.3 Å². The average Bonchev–Trinajstić information content (AvgIpc) is 2.26. The summed E-state index contributed by atoms with van der Waals surface area (Å²) in [6, 6.07) is 5.20. The second-order valence-electron chi connectivity index (χ2n) is 4.25. The normalized spacial score (nSPS) is 15.1. The van der Waals surface area contributed by atoms with Gasteiger partial charge in [0.25, 0.3) is 0 Å². The van der Waals surface area contributed by atoms with Crippen LogP contribution in [0.1, 0.15) is 17.5 Å². The first-order valence-electron chi connectivity index (χ1n) is 5.63. The van der Waals surface area contributed by atoms with E-state index in [0.29, 0.717) is 12.2 Å². The number of rotatable bonds is 2. The Morgan fingerprint density at radius 2 is 2.11 bits per heavy atom. The van der Waals surface area contributed by atoms with Crippen LogP contribution in [0, 0.1) is 0 Å². The lowest BCUT2D eigenvalue weighted by Crippen LogP contribution is -2.24. The molecule has 1 heterocycles. The molecule has 0 bridgehead atoms. The van der Waals surface area contributed by atoms with E-state index in [2.05, 4.69) is 10.6 Å². The molecule has 1 aromatic rings. The summed E-state index contributed by atoms with van der Waals surface area (Å²) < 4.78 is 36.0. The number of anilines is 1. The average molecular weight is 258 g/mol. The van der Waals surface area contributed by atoms with E-state index in [1.54, 1.807) is 12.1 Å². The van der Waals surface area contributed by atoms with Gasteiger partial charge in [-0.15, -0.1) is 0 Å². The molecule has 0 fully saturated rings. The minimum atomic E-state index is -4.47. The minimum Gasteiger partial charge on any atom is -0.326 e. The van der Waals surface area contributed by atoms with Crippen LogP contribution >= 0.6 is 0 Å². The topological polar surface area (TPSA) is 41.1 Å². The number of hydrogen-bond donors (Lipinski definition) is 2. The number of nitrogens with one attached hydrogen (secondary N) is 2. The molecule has 2 rings (SSSR count). The molecular formula is C12H13F3N2O. The zero-order chi connectivity index (χ0) is 13.2. The molecule has 6 heteroatoms. The van der Waals surface area contributed by atoms with Crippen LogP contribution in [0.4, 0.5) is 18.9 Å². The van der Waals surface area contributed by atoms with Crippen LogP contribution in [0.5, 0.6) is 0 Å². The Kier molecular flexibility index (Phi) is 3.56. The van der Waals surface area contributed by atoms with Crippen molar-refractivity contribution in [3.8, 4) is 0 Å². The molecule has 18 heavy (non-hydrogen) atoms. The summed E-state index contributed by atoms with van der Waals surface area (Å²) in [6.07, 6.45) is -5.03. The van der Waals surface area contributed by atoms with Gasteiger partial charge in [-0.05, 0) is 36.2 Å². The van der Waals surface area contributed by atoms with E-state index in [-0.39, 0.29) is 0 Å². The largest absolute Gasteiger partial charge is 0.397 e. The Morgan fingerprint density at radius 1 is 1.33 bits per heavy atom. The summed E-state index contributed by atoms with van der Waals surface area (Å²) in [5.41, 5.74) is 2.60. The SMILES string of the molecule is O=C(CC(F)(F)F)Nc1ccc2c(c1)CNCC2. The molecule has 0 radical (unpaired) electrons. The molecule has 1 aliphatic rings. The Morgan fingerprint density at radius 3 is 2.83 bits per heavy atom. The number of benzene rings is 1. The fourth-order valence-electron chi connectivity index (χ4n) is 1.95. The van der Waals surface area contributed by atoms with E-state index in [9.17, 15) is 18.0 Å². The number of carbonyl (C=O) groups is 1. The minimum absolute atomic E-state index is 0.409. The second kappa shape index (κ2) is 4.97. The van der Waals surface area contributed by atoms with Gasteiger partial charge in [0.15, 0.2) is 0 Å².